The third-order valence-corrected chi connectivity index (χ3v) is 2.68. The number of hydrogen-bond donors (Lipinski definition) is 2. The van der Waals surface area contributed by atoms with Crippen molar-refractivity contribution in [2.45, 2.75) is 13.5 Å². The monoisotopic (exact) mass is 260 g/mol. The molecule has 19 heavy (non-hydrogen) atoms. The first kappa shape index (κ1) is 12.7. The van der Waals surface area contributed by atoms with Crippen LogP contribution in [0, 0.1) is 17.0 Å². The Morgan fingerprint density at radius 3 is 2.95 bits per heavy atom. The lowest BCUT2D eigenvalue weighted by molar-refractivity contribution is -0.385. The van der Waals surface area contributed by atoms with Crippen LogP contribution in [0.3, 0.4) is 0 Å². The molecule has 0 aliphatic rings. The number of benzene rings is 1. The van der Waals surface area contributed by atoms with Crippen molar-refractivity contribution in [1.82, 2.24) is 15.5 Å². The average molecular weight is 260 g/mol. The van der Waals surface area contributed by atoms with Gasteiger partial charge in [0.15, 0.2) is 0 Å². The molecule has 0 unspecified atom stereocenters. The van der Waals surface area contributed by atoms with Crippen molar-refractivity contribution < 1.29 is 9.72 Å². The van der Waals surface area contributed by atoms with E-state index in [0.29, 0.717) is 5.56 Å². The van der Waals surface area contributed by atoms with Crippen molar-refractivity contribution in [3.63, 3.8) is 0 Å². The molecule has 1 heterocycles. The molecule has 0 fully saturated rings. The highest BCUT2D eigenvalue weighted by Gasteiger charge is 2.21. The Morgan fingerprint density at radius 2 is 2.32 bits per heavy atom. The Morgan fingerprint density at radius 1 is 1.53 bits per heavy atom. The third-order valence-electron chi connectivity index (χ3n) is 2.68. The number of nitro groups is 1. The molecular formula is C12H12N4O3. The maximum Gasteiger partial charge on any atom is 0.282 e. The van der Waals surface area contributed by atoms with Crippen LogP contribution in [0.25, 0.3) is 0 Å². The van der Waals surface area contributed by atoms with Crippen LogP contribution in [0.4, 0.5) is 5.69 Å². The van der Waals surface area contributed by atoms with E-state index in [9.17, 15) is 14.9 Å². The fraction of sp³-hybridized carbons (Fsp3) is 0.167. The molecule has 0 spiro atoms. The molecule has 1 aromatic heterocycles. The standard InChI is InChI=1S/C12H12N4O3/c1-8-3-2-4-10(16(18)19)11(8)12(17)13-5-9-6-14-15-7-9/h2-4,6-7H,5H2,1H3,(H,13,17)(H,14,15). The number of rotatable bonds is 4. The molecule has 2 rings (SSSR count). The number of aromatic amines is 1. The Kier molecular flexibility index (Phi) is 3.56. The number of nitro benzene ring substituents is 1. The van der Waals surface area contributed by atoms with Crippen molar-refractivity contribution in [2.24, 2.45) is 0 Å². The van der Waals surface area contributed by atoms with Crippen molar-refractivity contribution in [2.75, 3.05) is 0 Å². The fourth-order valence-electron chi connectivity index (χ4n) is 1.74. The predicted molar refractivity (Wildman–Crippen MR) is 67.6 cm³/mol. The minimum absolute atomic E-state index is 0.0935. The Hall–Kier alpha value is -2.70. The van der Waals surface area contributed by atoms with Crippen LogP contribution in [0.15, 0.2) is 30.6 Å². The molecule has 0 radical (unpaired) electrons. The summed E-state index contributed by atoms with van der Waals surface area (Å²) in [5.41, 5.74) is 1.27. The van der Waals surface area contributed by atoms with Gasteiger partial charge >= 0.3 is 0 Å². The Bertz CT molecular complexity index is 607. The largest absolute Gasteiger partial charge is 0.348 e. The minimum Gasteiger partial charge on any atom is -0.348 e. The van der Waals surface area contributed by atoms with Crippen LogP contribution >= 0.6 is 0 Å². The maximum atomic E-state index is 12.0. The van der Waals surface area contributed by atoms with Crippen LogP contribution in [0.5, 0.6) is 0 Å². The normalized spacial score (nSPS) is 10.2. The highest BCUT2D eigenvalue weighted by atomic mass is 16.6. The summed E-state index contributed by atoms with van der Waals surface area (Å²) in [5.74, 6) is -0.467. The first-order valence-electron chi connectivity index (χ1n) is 5.59. The maximum absolute atomic E-state index is 12.0. The summed E-state index contributed by atoms with van der Waals surface area (Å²) in [4.78, 5) is 22.4. The number of carbonyl (C=O) groups excluding carboxylic acids is 1. The number of aromatic nitrogens is 2. The van der Waals surface area contributed by atoms with E-state index in [0.717, 1.165) is 5.56 Å². The van der Waals surface area contributed by atoms with Gasteiger partial charge in [0, 0.05) is 24.4 Å². The molecule has 0 aliphatic heterocycles. The van der Waals surface area contributed by atoms with E-state index in [1.165, 1.54) is 6.07 Å². The fourth-order valence-corrected chi connectivity index (χ4v) is 1.74. The molecule has 2 aromatic rings. The second-order valence-corrected chi connectivity index (χ2v) is 4.02. The van der Waals surface area contributed by atoms with E-state index in [2.05, 4.69) is 15.5 Å². The van der Waals surface area contributed by atoms with Gasteiger partial charge in [0.05, 0.1) is 11.1 Å². The highest BCUT2D eigenvalue weighted by Crippen LogP contribution is 2.21. The van der Waals surface area contributed by atoms with Gasteiger partial charge in [-0.05, 0) is 12.5 Å². The Balaban J connectivity index is 2.21. The molecule has 98 valence electrons. The zero-order chi connectivity index (χ0) is 13.8. The quantitative estimate of drug-likeness (QED) is 0.643. The number of H-pyrrole nitrogens is 1. The summed E-state index contributed by atoms with van der Waals surface area (Å²) in [6, 6.07) is 4.54. The zero-order valence-electron chi connectivity index (χ0n) is 10.2. The van der Waals surface area contributed by atoms with Gasteiger partial charge in [-0.25, -0.2) is 0 Å². The third kappa shape index (κ3) is 2.76. The minimum atomic E-state index is -0.556. The van der Waals surface area contributed by atoms with Gasteiger partial charge in [0.1, 0.15) is 5.56 Å². The molecule has 0 saturated carbocycles. The van der Waals surface area contributed by atoms with Gasteiger partial charge in [-0.1, -0.05) is 12.1 Å². The molecule has 7 nitrogen and oxygen atoms in total. The summed E-state index contributed by atoms with van der Waals surface area (Å²) in [6.45, 7) is 1.93. The summed E-state index contributed by atoms with van der Waals surface area (Å²) in [5, 5.41) is 19.9. The number of carbonyl (C=O) groups is 1. The van der Waals surface area contributed by atoms with Crippen LogP contribution in [0.1, 0.15) is 21.5 Å². The molecular weight excluding hydrogens is 248 g/mol. The molecule has 0 aliphatic carbocycles. The van der Waals surface area contributed by atoms with Crippen LogP contribution in [0.2, 0.25) is 0 Å². The summed E-state index contributed by atoms with van der Waals surface area (Å²) >= 11 is 0. The summed E-state index contributed by atoms with van der Waals surface area (Å²) in [7, 11) is 0. The number of nitrogens with one attached hydrogen (secondary N) is 2. The predicted octanol–water partition coefficient (Wildman–Crippen LogP) is 1.56. The highest BCUT2D eigenvalue weighted by molar-refractivity contribution is 5.99. The molecule has 0 saturated heterocycles. The first-order chi connectivity index (χ1) is 9.09. The van der Waals surface area contributed by atoms with Gasteiger partial charge in [-0.15, -0.1) is 0 Å². The van der Waals surface area contributed by atoms with E-state index < -0.39 is 10.8 Å². The van der Waals surface area contributed by atoms with E-state index >= 15 is 0 Å². The van der Waals surface area contributed by atoms with E-state index in [-0.39, 0.29) is 17.8 Å². The Labute approximate surface area is 108 Å². The topological polar surface area (TPSA) is 101 Å². The SMILES string of the molecule is Cc1cccc([N+](=O)[O-])c1C(=O)NCc1cn[nH]c1. The number of aryl methyl sites for hydroxylation is 1. The summed E-state index contributed by atoms with van der Waals surface area (Å²) in [6.07, 6.45) is 3.22. The van der Waals surface area contributed by atoms with Crippen LogP contribution in [-0.2, 0) is 6.54 Å². The second kappa shape index (κ2) is 5.30. The van der Waals surface area contributed by atoms with Crippen LogP contribution in [-0.4, -0.2) is 21.0 Å². The zero-order valence-corrected chi connectivity index (χ0v) is 10.2. The van der Waals surface area contributed by atoms with Gasteiger partial charge < -0.3 is 5.32 Å². The smallest absolute Gasteiger partial charge is 0.282 e. The molecule has 1 aromatic carbocycles. The lowest BCUT2D eigenvalue weighted by Crippen LogP contribution is -2.24. The number of amides is 1. The molecule has 0 bridgehead atoms. The van der Waals surface area contributed by atoms with Gasteiger partial charge in [0.2, 0.25) is 0 Å². The van der Waals surface area contributed by atoms with Crippen molar-refractivity contribution in [1.29, 1.82) is 0 Å². The van der Waals surface area contributed by atoms with Crippen molar-refractivity contribution in [3.05, 3.63) is 57.4 Å². The molecule has 7 heteroatoms. The molecule has 2 N–H and O–H groups in total. The van der Waals surface area contributed by atoms with E-state index in [1.54, 1.807) is 31.5 Å². The van der Waals surface area contributed by atoms with Gasteiger partial charge in [-0.2, -0.15) is 5.10 Å². The van der Waals surface area contributed by atoms with Crippen LogP contribution < -0.4 is 5.32 Å². The first-order valence-corrected chi connectivity index (χ1v) is 5.59. The second-order valence-electron chi connectivity index (χ2n) is 4.02. The number of nitrogens with zero attached hydrogens (tertiary/aromatic N) is 2. The lowest BCUT2D eigenvalue weighted by atomic mass is 10.1. The lowest BCUT2D eigenvalue weighted by Gasteiger charge is -2.07. The van der Waals surface area contributed by atoms with Gasteiger partial charge in [-0.3, -0.25) is 20.0 Å². The van der Waals surface area contributed by atoms with E-state index in [4.69, 9.17) is 0 Å². The van der Waals surface area contributed by atoms with Gasteiger partial charge in [0.25, 0.3) is 11.6 Å². The van der Waals surface area contributed by atoms with Crippen molar-refractivity contribution >= 4 is 11.6 Å². The molecule has 0 atom stereocenters. The molecule has 1 amide bonds. The van der Waals surface area contributed by atoms with E-state index in [1.807, 2.05) is 0 Å². The van der Waals surface area contributed by atoms with Crippen molar-refractivity contribution in [3.8, 4) is 0 Å². The average Bonchev–Trinajstić information content (AvgIpc) is 2.88. The number of hydrogen-bond acceptors (Lipinski definition) is 4. The summed E-state index contributed by atoms with van der Waals surface area (Å²) < 4.78 is 0.